The topological polar surface area (TPSA) is 37.8 Å². The molecule has 0 unspecified atom stereocenters. The fourth-order valence-corrected chi connectivity index (χ4v) is 2.35. The van der Waals surface area contributed by atoms with Crippen molar-refractivity contribution >= 4 is 29.0 Å². The number of benzene rings is 1. The van der Waals surface area contributed by atoms with Crippen molar-refractivity contribution in [3.63, 3.8) is 0 Å². The molecule has 0 amide bonds. The van der Waals surface area contributed by atoms with Gasteiger partial charge in [0.25, 0.3) is 0 Å². The van der Waals surface area contributed by atoms with Crippen molar-refractivity contribution in [2.75, 3.05) is 12.4 Å². The Morgan fingerprint density at radius 1 is 1.05 bits per heavy atom. The van der Waals surface area contributed by atoms with Crippen LogP contribution in [0.5, 0.6) is 0 Å². The van der Waals surface area contributed by atoms with Gasteiger partial charge in [0.1, 0.15) is 5.82 Å². The van der Waals surface area contributed by atoms with E-state index in [1.807, 2.05) is 13.1 Å². The molecular formula is C15H17Cl2N3. The van der Waals surface area contributed by atoms with Crippen LogP contribution >= 0.6 is 23.2 Å². The van der Waals surface area contributed by atoms with Crippen LogP contribution in [-0.4, -0.2) is 17.0 Å². The summed E-state index contributed by atoms with van der Waals surface area (Å²) in [4.78, 5) is 9.09. The minimum Gasteiger partial charge on any atom is -0.373 e. The molecule has 0 aliphatic heterocycles. The van der Waals surface area contributed by atoms with Crippen LogP contribution in [0.25, 0.3) is 11.4 Å². The first-order valence-corrected chi connectivity index (χ1v) is 7.10. The lowest BCUT2D eigenvalue weighted by molar-refractivity contribution is 0.568. The van der Waals surface area contributed by atoms with E-state index < -0.39 is 0 Å². The molecule has 0 spiro atoms. The molecule has 20 heavy (non-hydrogen) atoms. The van der Waals surface area contributed by atoms with Gasteiger partial charge in [0, 0.05) is 18.5 Å². The average molecular weight is 310 g/mol. The zero-order chi connectivity index (χ0) is 14.9. The smallest absolute Gasteiger partial charge is 0.164 e. The molecule has 0 aliphatic rings. The van der Waals surface area contributed by atoms with Gasteiger partial charge in [-0.25, -0.2) is 9.97 Å². The maximum atomic E-state index is 6.24. The molecule has 106 valence electrons. The fourth-order valence-electron chi connectivity index (χ4n) is 1.78. The monoisotopic (exact) mass is 309 g/mol. The number of nitrogens with one attached hydrogen (secondary N) is 1. The number of nitrogens with zero attached hydrogens (tertiary/aromatic N) is 2. The van der Waals surface area contributed by atoms with Gasteiger partial charge < -0.3 is 5.32 Å². The van der Waals surface area contributed by atoms with Crippen molar-refractivity contribution in [1.82, 2.24) is 9.97 Å². The summed E-state index contributed by atoms with van der Waals surface area (Å²) in [5.74, 6) is 1.29. The second-order valence-electron chi connectivity index (χ2n) is 5.56. The van der Waals surface area contributed by atoms with Gasteiger partial charge >= 0.3 is 0 Å². The van der Waals surface area contributed by atoms with Crippen molar-refractivity contribution in [3.05, 3.63) is 40.0 Å². The summed E-state index contributed by atoms with van der Waals surface area (Å²) >= 11 is 12.5. The molecule has 0 saturated heterocycles. The van der Waals surface area contributed by atoms with E-state index in [0.717, 1.165) is 11.5 Å². The lowest BCUT2D eigenvalue weighted by Gasteiger charge is -2.19. The minimum atomic E-state index is -0.0863. The zero-order valence-corrected chi connectivity index (χ0v) is 13.5. The fraction of sp³-hybridized carbons (Fsp3) is 0.333. The Kier molecular flexibility index (Phi) is 4.21. The molecule has 1 aromatic heterocycles. The molecule has 1 heterocycles. The Balaban J connectivity index is 2.68. The van der Waals surface area contributed by atoms with Crippen molar-refractivity contribution in [1.29, 1.82) is 0 Å². The van der Waals surface area contributed by atoms with E-state index in [0.29, 0.717) is 21.4 Å². The van der Waals surface area contributed by atoms with Gasteiger partial charge in [-0.3, -0.25) is 0 Å². The molecule has 0 saturated carbocycles. The van der Waals surface area contributed by atoms with Crippen molar-refractivity contribution in [2.45, 2.75) is 26.2 Å². The van der Waals surface area contributed by atoms with E-state index in [1.165, 1.54) is 0 Å². The van der Waals surface area contributed by atoms with Gasteiger partial charge in [0.05, 0.1) is 21.3 Å². The lowest BCUT2D eigenvalue weighted by Crippen LogP contribution is -2.15. The van der Waals surface area contributed by atoms with Gasteiger partial charge in [-0.1, -0.05) is 50.0 Å². The summed E-state index contributed by atoms with van der Waals surface area (Å²) in [7, 11) is 1.83. The van der Waals surface area contributed by atoms with Gasteiger partial charge in [-0.05, 0) is 12.1 Å². The minimum absolute atomic E-state index is 0.0863. The molecule has 1 aromatic carbocycles. The maximum Gasteiger partial charge on any atom is 0.164 e. The largest absolute Gasteiger partial charge is 0.373 e. The normalized spacial score (nSPS) is 11.5. The summed E-state index contributed by atoms with van der Waals surface area (Å²) in [5.41, 5.74) is 1.51. The SMILES string of the molecule is CNc1cc(C(C)(C)C)nc(-c2c(Cl)cccc2Cl)n1. The Bertz CT molecular complexity index is 613. The van der Waals surface area contributed by atoms with Gasteiger partial charge in [0.15, 0.2) is 5.82 Å². The lowest BCUT2D eigenvalue weighted by atomic mass is 9.92. The molecule has 0 atom stereocenters. The molecule has 0 fully saturated rings. The van der Waals surface area contributed by atoms with E-state index in [1.54, 1.807) is 18.2 Å². The Morgan fingerprint density at radius 2 is 1.65 bits per heavy atom. The summed E-state index contributed by atoms with van der Waals surface area (Å²) < 4.78 is 0. The summed E-state index contributed by atoms with van der Waals surface area (Å²) in [6, 6.07) is 7.32. The number of hydrogen-bond donors (Lipinski definition) is 1. The number of anilines is 1. The van der Waals surface area contributed by atoms with E-state index in [4.69, 9.17) is 23.2 Å². The van der Waals surface area contributed by atoms with E-state index in [-0.39, 0.29) is 5.41 Å². The van der Waals surface area contributed by atoms with Gasteiger partial charge in [-0.15, -0.1) is 0 Å². The second-order valence-corrected chi connectivity index (χ2v) is 6.37. The quantitative estimate of drug-likeness (QED) is 0.866. The molecule has 0 bridgehead atoms. The molecule has 5 heteroatoms. The second kappa shape index (κ2) is 5.58. The Hall–Kier alpha value is -1.32. The predicted octanol–water partition coefficient (Wildman–Crippen LogP) is 4.79. The van der Waals surface area contributed by atoms with Crippen LogP contribution in [0, 0.1) is 0 Å². The van der Waals surface area contributed by atoms with Crippen molar-refractivity contribution < 1.29 is 0 Å². The summed E-state index contributed by atoms with van der Waals surface area (Å²) in [6.07, 6.45) is 0. The van der Waals surface area contributed by atoms with E-state index in [2.05, 4.69) is 36.1 Å². The van der Waals surface area contributed by atoms with E-state index >= 15 is 0 Å². The number of aromatic nitrogens is 2. The van der Waals surface area contributed by atoms with Crippen LogP contribution in [0.3, 0.4) is 0 Å². The third kappa shape index (κ3) is 3.05. The molecule has 0 aliphatic carbocycles. The van der Waals surface area contributed by atoms with Crippen molar-refractivity contribution in [3.8, 4) is 11.4 Å². The van der Waals surface area contributed by atoms with Crippen LogP contribution in [0.4, 0.5) is 5.82 Å². The molecular weight excluding hydrogens is 293 g/mol. The third-order valence-electron chi connectivity index (χ3n) is 2.94. The Morgan fingerprint density at radius 3 is 2.15 bits per heavy atom. The van der Waals surface area contributed by atoms with Gasteiger partial charge in [0.2, 0.25) is 0 Å². The van der Waals surface area contributed by atoms with Crippen LogP contribution < -0.4 is 5.32 Å². The number of hydrogen-bond acceptors (Lipinski definition) is 3. The molecule has 3 nitrogen and oxygen atoms in total. The number of halogens is 2. The van der Waals surface area contributed by atoms with Crippen molar-refractivity contribution in [2.24, 2.45) is 0 Å². The molecule has 2 rings (SSSR count). The van der Waals surface area contributed by atoms with Crippen LogP contribution in [-0.2, 0) is 5.41 Å². The highest BCUT2D eigenvalue weighted by Crippen LogP contribution is 2.34. The first-order valence-electron chi connectivity index (χ1n) is 6.34. The highest BCUT2D eigenvalue weighted by atomic mass is 35.5. The highest BCUT2D eigenvalue weighted by Gasteiger charge is 2.20. The molecule has 0 radical (unpaired) electrons. The van der Waals surface area contributed by atoms with Gasteiger partial charge in [-0.2, -0.15) is 0 Å². The van der Waals surface area contributed by atoms with Crippen LogP contribution in [0.15, 0.2) is 24.3 Å². The van der Waals surface area contributed by atoms with Crippen LogP contribution in [0.1, 0.15) is 26.5 Å². The highest BCUT2D eigenvalue weighted by molar-refractivity contribution is 6.38. The third-order valence-corrected chi connectivity index (χ3v) is 3.57. The van der Waals surface area contributed by atoms with Crippen LogP contribution in [0.2, 0.25) is 10.0 Å². The average Bonchev–Trinajstić information content (AvgIpc) is 2.37. The molecule has 2 aromatic rings. The van der Waals surface area contributed by atoms with E-state index in [9.17, 15) is 0 Å². The zero-order valence-electron chi connectivity index (χ0n) is 12.0. The Labute approximate surface area is 129 Å². The maximum absolute atomic E-state index is 6.24. The summed E-state index contributed by atoms with van der Waals surface area (Å²) in [5, 5.41) is 4.14. The predicted molar refractivity (Wildman–Crippen MR) is 85.7 cm³/mol. The first-order chi connectivity index (χ1) is 9.32. The first kappa shape index (κ1) is 15.1. The standard InChI is InChI=1S/C15H17Cl2N3/c1-15(2,3)11-8-12(18-4)20-14(19-11)13-9(16)6-5-7-10(13)17/h5-8H,1-4H3,(H,18,19,20). The summed E-state index contributed by atoms with van der Waals surface area (Å²) in [6.45, 7) is 6.31. The molecule has 1 N–H and O–H groups in total. The number of rotatable bonds is 2.